The molecule has 1 unspecified atom stereocenters. The molecular weight excluding hydrogens is 482 g/mol. The predicted octanol–water partition coefficient (Wildman–Crippen LogP) is 4.01. The lowest BCUT2D eigenvalue weighted by molar-refractivity contribution is -0.117. The van der Waals surface area contributed by atoms with E-state index in [0.717, 1.165) is 41.2 Å². The first kappa shape index (κ1) is 23.6. The number of benzene rings is 3. The maximum absolute atomic E-state index is 13.2. The van der Waals surface area contributed by atoms with Crippen molar-refractivity contribution < 1.29 is 22.0 Å². The molecule has 0 radical (unpaired) electrons. The number of nitrogens with one attached hydrogen (secondary N) is 2. The standard InChI is InChI=1S/C23H18F2N4O3S2/c24-17-8-6-16(7-9-17)22-27-28-23(33-22)26-21(30)20(14-15-4-2-1-3-5-15)29-34(31,32)19-12-10-18(25)11-13-19/h1-13,20,29H,14H2,(H,26,28,30). The fourth-order valence-electron chi connectivity index (χ4n) is 3.08. The summed E-state index contributed by atoms with van der Waals surface area (Å²) in [7, 11) is -4.12. The van der Waals surface area contributed by atoms with E-state index >= 15 is 0 Å². The fourth-order valence-corrected chi connectivity index (χ4v) is 5.03. The molecule has 1 heterocycles. The molecule has 2 N–H and O–H groups in total. The molecule has 7 nitrogen and oxygen atoms in total. The minimum Gasteiger partial charge on any atom is -0.299 e. The second-order valence-corrected chi connectivity index (χ2v) is 9.92. The molecule has 0 saturated carbocycles. The Balaban J connectivity index is 1.55. The van der Waals surface area contributed by atoms with Crippen molar-refractivity contribution in [3.63, 3.8) is 0 Å². The predicted molar refractivity (Wildman–Crippen MR) is 125 cm³/mol. The second-order valence-electron chi connectivity index (χ2n) is 7.23. The highest BCUT2D eigenvalue weighted by Crippen LogP contribution is 2.26. The summed E-state index contributed by atoms with van der Waals surface area (Å²) in [4.78, 5) is 12.9. The van der Waals surface area contributed by atoms with Crippen LogP contribution in [0.3, 0.4) is 0 Å². The Labute approximate surface area is 198 Å². The molecule has 0 aliphatic heterocycles. The summed E-state index contributed by atoms with van der Waals surface area (Å²) in [5.41, 5.74) is 1.35. The molecule has 0 spiro atoms. The molecule has 174 valence electrons. The minimum atomic E-state index is -4.12. The zero-order chi connectivity index (χ0) is 24.1. The van der Waals surface area contributed by atoms with Gasteiger partial charge in [0.2, 0.25) is 21.1 Å². The van der Waals surface area contributed by atoms with Crippen LogP contribution in [-0.2, 0) is 21.2 Å². The van der Waals surface area contributed by atoms with Gasteiger partial charge in [0.05, 0.1) is 4.90 Å². The van der Waals surface area contributed by atoms with Gasteiger partial charge in [-0.3, -0.25) is 10.1 Å². The monoisotopic (exact) mass is 500 g/mol. The van der Waals surface area contributed by atoms with E-state index in [0.29, 0.717) is 10.6 Å². The van der Waals surface area contributed by atoms with E-state index < -0.39 is 27.8 Å². The van der Waals surface area contributed by atoms with Crippen LogP contribution in [0.15, 0.2) is 83.8 Å². The van der Waals surface area contributed by atoms with E-state index in [1.165, 1.54) is 24.3 Å². The highest BCUT2D eigenvalue weighted by Gasteiger charge is 2.27. The number of carbonyl (C=O) groups excluding carboxylic acids is 1. The van der Waals surface area contributed by atoms with Crippen LogP contribution in [0.5, 0.6) is 0 Å². The normalized spacial score (nSPS) is 12.3. The van der Waals surface area contributed by atoms with Crippen molar-refractivity contribution in [3.8, 4) is 10.6 Å². The number of anilines is 1. The molecule has 0 aliphatic carbocycles. The van der Waals surface area contributed by atoms with Gasteiger partial charge >= 0.3 is 0 Å². The van der Waals surface area contributed by atoms with Gasteiger partial charge in [0.15, 0.2) is 0 Å². The summed E-state index contributed by atoms with van der Waals surface area (Å²) >= 11 is 1.06. The maximum atomic E-state index is 13.2. The Kier molecular flexibility index (Phi) is 7.06. The van der Waals surface area contributed by atoms with Crippen molar-refractivity contribution in [2.45, 2.75) is 17.4 Å². The van der Waals surface area contributed by atoms with Crippen molar-refractivity contribution >= 4 is 32.4 Å². The Morgan fingerprint density at radius 3 is 2.15 bits per heavy atom. The van der Waals surface area contributed by atoms with Crippen molar-refractivity contribution in [2.24, 2.45) is 0 Å². The van der Waals surface area contributed by atoms with Crippen molar-refractivity contribution in [2.75, 3.05) is 5.32 Å². The van der Waals surface area contributed by atoms with Crippen LogP contribution in [0.25, 0.3) is 10.6 Å². The lowest BCUT2D eigenvalue weighted by Crippen LogP contribution is -2.45. The Hall–Kier alpha value is -3.54. The van der Waals surface area contributed by atoms with E-state index in [4.69, 9.17) is 0 Å². The van der Waals surface area contributed by atoms with Gasteiger partial charge in [-0.05, 0) is 60.5 Å². The van der Waals surface area contributed by atoms with E-state index in [1.807, 2.05) is 0 Å². The number of hydrogen-bond donors (Lipinski definition) is 2. The highest BCUT2D eigenvalue weighted by atomic mass is 32.2. The Bertz CT molecular complexity index is 1380. The molecule has 4 rings (SSSR count). The summed E-state index contributed by atoms with van der Waals surface area (Å²) < 4.78 is 54.5. The van der Waals surface area contributed by atoms with E-state index in [-0.39, 0.29) is 22.3 Å². The van der Waals surface area contributed by atoms with Gasteiger partial charge in [0.25, 0.3) is 0 Å². The van der Waals surface area contributed by atoms with Gasteiger partial charge in [-0.2, -0.15) is 4.72 Å². The number of rotatable bonds is 8. The second kappa shape index (κ2) is 10.2. The first-order valence-corrected chi connectivity index (χ1v) is 12.3. The average molecular weight is 501 g/mol. The molecule has 1 amide bonds. The molecule has 1 aromatic heterocycles. The van der Waals surface area contributed by atoms with Crippen molar-refractivity contribution in [3.05, 3.63) is 96.1 Å². The number of carbonyl (C=O) groups is 1. The van der Waals surface area contributed by atoms with Gasteiger partial charge in [0, 0.05) is 5.56 Å². The molecule has 4 aromatic rings. The quantitative estimate of drug-likeness (QED) is 0.381. The first-order valence-electron chi connectivity index (χ1n) is 10.0. The van der Waals surface area contributed by atoms with Crippen LogP contribution in [0.4, 0.5) is 13.9 Å². The molecule has 0 bridgehead atoms. The van der Waals surface area contributed by atoms with E-state index in [1.54, 1.807) is 30.3 Å². The molecule has 1 atom stereocenters. The third kappa shape index (κ3) is 5.87. The van der Waals surface area contributed by atoms with Crippen LogP contribution < -0.4 is 10.0 Å². The number of hydrogen-bond acceptors (Lipinski definition) is 6. The van der Waals surface area contributed by atoms with Crippen LogP contribution in [0.1, 0.15) is 5.56 Å². The number of sulfonamides is 1. The lowest BCUT2D eigenvalue weighted by Gasteiger charge is -2.18. The van der Waals surface area contributed by atoms with Crippen molar-refractivity contribution in [1.82, 2.24) is 14.9 Å². The first-order chi connectivity index (χ1) is 16.3. The summed E-state index contributed by atoms with van der Waals surface area (Å²) in [6.07, 6.45) is 0.0662. The molecular formula is C23H18F2N4O3S2. The molecule has 0 aliphatic rings. The van der Waals surface area contributed by atoms with Crippen LogP contribution in [0, 0.1) is 11.6 Å². The van der Waals surface area contributed by atoms with E-state index in [2.05, 4.69) is 20.2 Å². The van der Waals surface area contributed by atoms with Gasteiger partial charge in [-0.25, -0.2) is 17.2 Å². The topological polar surface area (TPSA) is 101 Å². The van der Waals surface area contributed by atoms with Crippen molar-refractivity contribution in [1.29, 1.82) is 0 Å². The molecule has 11 heteroatoms. The van der Waals surface area contributed by atoms with E-state index in [9.17, 15) is 22.0 Å². The SMILES string of the molecule is O=C(Nc1nnc(-c2ccc(F)cc2)s1)C(Cc1ccccc1)NS(=O)(=O)c1ccc(F)cc1. The molecule has 3 aromatic carbocycles. The Morgan fingerprint density at radius 1 is 0.882 bits per heavy atom. The number of amides is 1. The van der Waals surface area contributed by atoms with Gasteiger partial charge in [-0.15, -0.1) is 10.2 Å². The molecule has 34 heavy (non-hydrogen) atoms. The molecule has 0 fully saturated rings. The molecule has 0 saturated heterocycles. The van der Waals surface area contributed by atoms with Gasteiger partial charge in [-0.1, -0.05) is 41.7 Å². The van der Waals surface area contributed by atoms with Crippen LogP contribution >= 0.6 is 11.3 Å². The number of nitrogens with zero attached hydrogens (tertiary/aromatic N) is 2. The fraction of sp³-hybridized carbons (Fsp3) is 0.0870. The van der Waals surface area contributed by atoms with Crippen LogP contribution in [0.2, 0.25) is 0 Å². The zero-order valence-corrected chi connectivity index (χ0v) is 19.1. The van der Waals surface area contributed by atoms with Crippen LogP contribution in [-0.4, -0.2) is 30.6 Å². The minimum absolute atomic E-state index is 0.0662. The Morgan fingerprint density at radius 2 is 1.50 bits per heavy atom. The maximum Gasteiger partial charge on any atom is 0.244 e. The summed E-state index contributed by atoms with van der Waals surface area (Å²) in [6.45, 7) is 0. The summed E-state index contributed by atoms with van der Waals surface area (Å²) in [6, 6.07) is 17.7. The smallest absolute Gasteiger partial charge is 0.244 e. The largest absolute Gasteiger partial charge is 0.299 e. The lowest BCUT2D eigenvalue weighted by atomic mass is 10.1. The van der Waals surface area contributed by atoms with Gasteiger partial charge < -0.3 is 0 Å². The third-order valence-corrected chi connectivity index (χ3v) is 7.14. The summed E-state index contributed by atoms with van der Waals surface area (Å²) in [5, 5.41) is 11.1. The number of halogens is 2. The summed E-state index contributed by atoms with van der Waals surface area (Å²) in [5.74, 6) is -1.61. The third-order valence-electron chi connectivity index (χ3n) is 4.77. The van der Waals surface area contributed by atoms with Gasteiger partial charge in [0.1, 0.15) is 22.7 Å². The zero-order valence-electron chi connectivity index (χ0n) is 17.5. The number of aromatic nitrogens is 2. The highest BCUT2D eigenvalue weighted by molar-refractivity contribution is 7.89. The average Bonchev–Trinajstić information content (AvgIpc) is 3.28.